The number of aliphatic hydroxyl groups excluding tert-OH is 1. The second-order valence-corrected chi connectivity index (χ2v) is 5.11. The molecule has 5 nitrogen and oxygen atoms in total. The number of hydrogen-bond donors (Lipinski definition) is 3. The van der Waals surface area contributed by atoms with Crippen LogP contribution in [0.1, 0.15) is 24.5 Å². The van der Waals surface area contributed by atoms with Crippen LogP contribution in [0, 0.1) is 5.82 Å². The van der Waals surface area contributed by atoms with Gasteiger partial charge in [-0.3, -0.25) is 4.79 Å². The predicted molar refractivity (Wildman–Crippen MR) is 76.2 cm³/mol. The molecule has 0 saturated carbocycles. The van der Waals surface area contributed by atoms with Gasteiger partial charge in [0.15, 0.2) is 0 Å². The minimum absolute atomic E-state index is 0.0125. The van der Waals surface area contributed by atoms with Crippen LogP contribution in [-0.4, -0.2) is 43.4 Å². The minimum Gasteiger partial charge on any atom is -0.386 e. The van der Waals surface area contributed by atoms with Gasteiger partial charge in [0, 0.05) is 25.3 Å². The highest BCUT2D eigenvalue weighted by Gasteiger charge is 2.16. The zero-order chi connectivity index (χ0) is 15.1. The molecule has 2 atom stereocenters. The van der Waals surface area contributed by atoms with Gasteiger partial charge in [-0.15, -0.1) is 0 Å². The highest BCUT2D eigenvalue weighted by molar-refractivity contribution is 5.78. The second-order valence-electron chi connectivity index (χ2n) is 5.11. The highest BCUT2D eigenvalue weighted by atomic mass is 19.1. The summed E-state index contributed by atoms with van der Waals surface area (Å²) in [6.07, 6.45) is 1.21. The first-order chi connectivity index (χ1) is 10.2. The Morgan fingerprint density at radius 2 is 2.29 bits per heavy atom. The van der Waals surface area contributed by atoms with E-state index in [4.69, 9.17) is 4.74 Å². The first-order valence-electron chi connectivity index (χ1n) is 7.18. The summed E-state index contributed by atoms with van der Waals surface area (Å²) in [7, 11) is 0. The molecule has 2 unspecified atom stereocenters. The van der Waals surface area contributed by atoms with E-state index in [1.807, 2.05) is 0 Å². The van der Waals surface area contributed by atoms with Crippen LogP contribution in [-0.2, 0) is 9.53 Å². The van der Waals surface area contributed by atoms with Crippen molar-refractivity contribution in [2.75, 3.05) is 26.2 Å². The fraction of sp³-hybridized carbons (Fsp3) is 0.533. The van der Waals surface area contributed by atoms with Crippen molar-refractivity contribution in [3.05, 3.63) is 35.6 Å². The summed E-state index contributed by atoms with van der Waals surface area (Å²) >= 11 is 0. The summed E-state index contributed by atoms with van der Waals surface area (Å²) in [6, 6.07) is 5.98. The zero-order valence-corrected chi connectivity index (χ0v) is 11.8. The maximum Gasteiger partial charge on any atom is 0.234 e. The lowest BCUT2D eigenvalue weighted by Crippen LogP contribution is -2.38. The average molecular weight is 296 g/mol. The van der Waals surface area contributed by atoms with E-state index in [9.17, 15) is 14.3 Å². The van der Waals surface area contributed by atoms with Crippen molar-refractivity contribution in [3.8, 4) is 0 Å². The molecule has 1 fully saturated rings. The van der Waals surface area contributed by atoms with Crippen molar-refractivity contribution >= 4 is 5.91 Å². The van der Waals surface area contributed by atoms with Crippen molar-refractivity contribution in [2.24, 2.45) is 0 Å². The van der Waals surface area contributed by atoms with E-state index in [1.165, 1.54) is 12.1 Å². The van der Waals surface area contributed by atoms with Crippen LogP contribution in [0.25, 0.3) is 0 Å². The van der Waals surface area contributed by atoms with Gasteiger partial charge in [0.1, 0.15) is 5.82 Å². The van der Waals surface area contributed by atoms with Gasteiger partial charge < -0.3 is 20.5 Å². The fourth-order valence-electron chi connectivity index (χ4n) is 2.28. The van der Waals surface area contributed by atoms with Gasteiger partial charge in [-0.05, 0) is 18.9 Å². The second kappa shape index (κ2) is 8.07. The Kier molecular flexibility index (Phi) is 6.10. The lowest BCUT2D eigenvalue weighted by molar-refractivity contribution is -0.120. The van der Waals surface area contributed by atoms with E-state index < -0.39 is 11.9 Å². The van der Waals surface area contributed by atoms with E-state index in [2.05, 4.69) is 10.6 Å². The van der Waals surface area contributed by atoms with E-state index in [-0.39, 0.29) is 30.7 Å². The molecule has 6 heteroatoms. The number of rotatable bonds is 7. The Morgan fingerprint density at radius 3 is 3.00 bits per heavy atom. The molecule has 0 aliphatic carbocycles. The molecule has 0 aromatic heterocycles. The summed E-state index contributed by atoms with van der Waals surface area (Å²) in [5.41, 5.74) is 0.185. The lowest BCUT2D eigenvalue weighted by Gasteiger charge is -2.14. The SMILES string of the molecule is O=C(CNCC1CCCO1)NCC(O)c1ccccc1F. The number of nitrogens with one attached hydrogen (secondary N) is 2. The van der Waals surface area contributed by atoms with Crippen molar-refractivity contribution in [3.63, 3.8) is 0 Å². The molecular weight excluding hydrogens is 275 g/mol. The molecule has 1 aliphatic rings. The zero-order valence-electron chi connectivity index (χ0n) is 11.8. The van der Waals surface area contributed by atoms with Crippen molar-refractivity contribution in [1.29, 1.82) is 0 Å². The first-order valence-corrected chi connectivity index (χ1v) is 7.18. The maximum absolute atomic E-state index is 13.4. The van der Waals surface area contributed by atoms with Gasteiger partial charge in [0.25, 0.3) is 0 Å². The highest BCUT2D eigenvalue weighted by Crippen LogP contribution is 2.15. The molecule has 0 radical (unpaired) electrons. The maximum atomic E-state index is 13.4. The standard InChI is InChI=1S/C15H21FN2O3/c16-13-6-2-1-5-12(13)14(19)9-18-15(20)10-17-8-11-4-3-7-21-11/h1-2,5-6,11,14,17,19H,3-4,7-10H2,(H,18,20). The molecular formula is C15H21FN2O3. The molecule has 0 bridgehead atoms. The molecule has 1 aliphatic heterocycles. The largest absolute Gasteiger partial charge is 0.386 e. The normalized spacial score (nSPS) is 19.4. The summed E-state index contributed by atoms with van der Waals surface area (Å²) < 4.78 is 18.9. The smallest absolute Gasteiger partial charge is 0.234 e. The van der Waals surface area contributed by atoms with Crippen LogP contribution in [0.2, 0.25) is 0 Å². The number of amides is 1. The number of aliphatic hydroxyl groups is 1. The number of halogens is 1. The van der Waals surface area contributed by atoms with Gasteiger partial charge >= 0.3 is 0 Å². The number of carbonyl (C=O) groups excluding carboxylic acids is 1. The van der Waals surface area contributed by atoms with Crippen LogP contribution < -0.4 is 10.6 Å². The van der Waals surface area contributed by atoms with Gasteiger partial charge in [0.2, 0.25) is 5.91 Å². The molecule has 2 rings (SSSR count). The number of benzene rings is 1. The monoisotopic (exact) mass is 296 g/mol. The fourth-order valence-corrected chi connectivity index (χ4v) is 2.28. The van der Waals surface area contributed by atoms with E-state index in [0.29, 0.717) is 6.54 Å². The van der Waals surface area contributed by atoms with Gasteiger partial charge in [-0.2, -0.15) is 0 Å². The third kappa shape index (κ3) is 5.08. The summed E-state index contributed by atoms with van der Waals surface area (Å²) in [5.74, 6) is -0.709. The number of ether oxygens (including phenoxy) is 1. The molecule has 1 aromatic rings. The van der Waals surface area contributed by atoms with Crippen molar-refractivity contribution in [2.45, 2.75) is 25.0 Å². The molecule has 3 N–H and O–H groups in total. The Balaban J connectivity index is 1.65. The third-order valence-corrected chi connectivity index (χ3v) is 3.44. The Hall–Kier alpha value is -1.50. The van der Waals surface area contributed by atoms with Crippen LogP contribution in [0.15, 0.2) is 24.3 Å². The predicted octanol–water partition coefficient (Wildman–Crippen LogP) is 0.744. The average Bonchev–Trinajstić information content (AvgIpc) is 2.98. The summed E-state index contributed by atoms with van der Waals surface area (Å²) in [4.78, 5) is 11.6. The van der Waals surface area contributed by atoms with E-state index >= 15 is 0 Å². The molecule has 0 spiro atoms. The molecule has 1 saturated heterocycles. The van der Waals surface area contributed by atoms with Crippen LogP contribution in [0.4, 0.5) is 4.39 Å². The molecule has 21 heavy (non-hydrogen) atoms. The Morgan fingerprint density at radius 1 is 1.48 bits per heavy atom. The van der Waals surface area contributed by atoms with Crippen LogP contribution in [0.3, 0.4) is 0 Å². The number of hydrogen-bond acceptors (Lipinski definition) is 4. The van der Waals surface area contributed by atoms with Gasteiger partial charge in [-0.25, -0.2) is 4.39 Å². The minimum atomic E-state index is -1.05. The third-order valence-electron chi connectivity index (χ3n) is 3.44. The van der Waals surface area contributed by atoms with Gasteiger partial charge in [0.05, 0.1) is 18.8 Å². The topological polar surface area (TPSA) is 70.6 Å². The lowest BCUT2D eigenvalue weighted by atomic mass is 10.1. The Labute approximate surface area is 123 Å². The van der Waals surface area contributed by atoms with Crippen molar-refractivity contribution in [1.82, 2.24) is 10.6 Å². The quantitative estimate of drug-likeness (QED) is 0.694. The van der Waals surface area contributed by atoms with Crippen LogP contribution >= 0.6 is 0 Å². The van der Waals surface area contributed by atoms with E-state index in [1.54, 1.807) is 12.1 Å². The summed E-state index contributed by atoms with van der Waals surface area (Å²) in [6.45, 7) is 1.57. The summed E-state index contributed by atoms with van der Waals surface area (Å²) in [5, 5.41) is 15.4. The molecule has 1 heterocycles. The van der Waals surface area contributed by atoms with E-state index in [0.717, 1.165) is 19.4 Å². The Bertz CT molecular complexity index is 464. The van der Waals surface area contributed by atoms with Gasteiger partial charge in [-0.1, -0.05) is 18.2 Å². The van der Waals surface area contributed by atoms with Crippen molar-refractivity contribution < 1.29 is 19.0 Å². The number of carbonyl (C=O) groups is 1. The molecule has 116 valence electrons. The first kappa shape index (κ1) is 15.9. The van der Waals surface area contributed by atoms with Crippen LogP contribution in [0.5, 0.6) is 0 Å². The molecule has 1 aromatic carbocycles. The molecule has 1 amide bonds.